The number of benzene rings is 3. The van der Waals surface area contributed by atoms with E-state index in [9.17, 15) is 13.2 Å². The zero-order chi connectivity index (χ0) is 23.6. The Hall–Kier alpha value is -3.32. The molecule has 1 saturated heterocycles. The third-order valence-electron chi connectivity index (χ3n) is 5.92. The van der Waals surface area contributed by atoms with Crippen LogP contribution in [-0.4, -0.2) is 32.4 Å². The second-order valence-electron chi connectivity index (χ2n) is 8.58. The van der Waals surface area contributed by atoms with Crippen molar-refractivity contribution in [2.24, 2.45) is 0 Å². The van der Waals surface area contributed by atoms with Gasteiger partial charge in [-0.2, -0.15) is 0 Å². The molecule has 1 N–H and O–H groups in total. The molecule has 1 aliphatic rings. The first-order valence-corrected chi connectivity index (χ1v) is 12.5. The van der Waals surface area contributed by atoms with Crippen LogP contribution in [0, 0.1) is 20.8 Å². The van der Waals surface area contributed by atoms with Crippen molar-refractivity contribution in [3.8, 4) is 0 Å². The van der Waals surface area contributed by atoms with Crippen LogP contribution in [0.1, 0.15) is 28.7 Å². The first kappa shape index (κ1) is 22.9. The Kier molecular flexibility index (Phi) is 6.42. The summed E-state index contributed by atoms with van der Waals surface area (Å²) in [5.41, 5.74) is 5.31. The third-order valence-corrected chi connectivity index (χ3v) is 7.30. The van der Waals surface area contributed by atoms with Crippen molar-refractivity contribution < 1.29 is 13.2 Å². The molecule has 1 heterocycles. The van der Waals surface area contributed by atoms with Gasteiger partial charge in [-0.05, 0) is 68.1 Å². The molecular weight excluding hydrogens is 434 g/mol. The molecule has 6 nitrogen and oxygen atoms in total. The van der Waals surface area contributed by atoms with Gasteiger partial charge in [-0.15, -0.1) is 0 Å². The fraction of sp³-hybridized carbons (Fsp3) is 0.269. The van der Waals surface area contributed by atoms with Crippen LogP contribution >= 0.6 is 0 Å². The normalized spacial score (nSPS) is 14.5. The Labute approximate surface area is 195 Å². The van der Waals surface area contributed by atoms with Crippen molar-refractivity contribution in [1.82, 2.24) is 4.90 Å². The summed E-state index contributed by atoms with van der Waals surface area (Å²) in [5.74, 6) is 0. The molecule has 0 aromatic heterocycles. The van der Waals surface area contributed by atoms with Gasteiger partial charge in [0.15, 0.2) is 0 Å². The minimum absolute atomic E-state index is 0.119. The molecular formula is C26H29N3O3S. The molecule has 4 rings (SSSR count). The first-order chi connectivity index (χ1) is 15.7. The average molecular weight is 464 g/mol. The topological polar surface area (TPSA) is 69.7 Å². The second kappa shape index (κ2) is 9.27. The third kappa shape index (κ3) is 5.03. The van der Waals surface area contributed by atoms with Gasteiger partial charge in [-0.3, -0.25) is 9.62 Å². The molecule has 3 aromatic rings. The Balaban J connectivity index is 1.63. The second-order valence-corrected chi connectivity index (χ2v) is 10.3. The monoisotopic (exact) mass is 463 g/mol. The summed E-state index contributed by atoms with van der Waals surface area (Å²) < 4.78 is 28.7. The van der Waals surface area contributed by atoms with Crippen molar-refractivity contribution in [3.05, 3.63) is 89.0 Å². The van der Waals surface area contributed by atoms with Crippen LogP contribution in [0.15, 0.2) is 71.6 Å². The molecule has 2 amide bonds. The maximum atomic E-state index is 13.5. The van der Waals surface area contributed by atoms with Crippen LogP contribution in [0.3, 0.4) is 0 Å². The fourth-order valence-corrected chi connectivity index (χ4v) is 5.18. The number of anilines is 2. The SMILES string of the molecule is Cc1ccc(C)c(CN2CCCN(c3ccc(C)cc3NS(=O)(=O)c3ccccc3)C2=O)c1. The lowest BCUT2D eigenvalue weighted by Crippen LogP contribution is -2.49. The number of nitrogens with one attached hydrogen (secondary N) is 1. The lowest BCUT2D eigenvalue weighted by Gasteiger charge is -2.37. The predicted molar refractivity (Wildman–Crippen MR) is 132 cm³/mol. The first-order valence-electron chi connectivity index (χ1n) is 11.1. The van der Waals surface area contributed by atoms with Crippen LogP contribution in [0.2, 0.25) is 0 Å². The minimum atomic E-state index is -3.78. The Morgan fingerprint density at radius 3 is 2.33 bits per heavy atom. The highest BCUT2D eigenvalue weighted by Crippen LogP contribution is 2.32. The smallest absolute Gasteiger partial charge is 0.320 e. The number of nitrogens with zero attached hydrogens (tertiary/aromatic N) is 2. The largest absolute Gasteiger partial charge is 0.324 e. The van der Waals surface area contributed by atoms with Gasteiger partial charge < -0.3 is 4.90 Å². The molecule has 172 valence electrons. The van der Waals surface area contributed by atoms with Gasteiger partial charge in [0.25, 0.3) is 10.0 Å². The van der Waals surface area contributed by atoms with E-state index in [1.165, 1.54) is 0 Å². The number of amides is 2. The van der Waals surface area contributed by atoms with Gasteiger partial charge in [0, 0.05) is 19.6 Å². The zero-order valence-electron chi connectivity index (χ0n) is 19.2. The highest BCUT2D eigenvalue weighted by Gasteiger charge is 2.29. The van der Waals surface area contributed by atoms with E-state index in [2.05, 4.69) is 29.8 Å². The molecule has 3 aromatic carbocycles. The predicted octanol–water partition coefficient (Wildman–Crippen LogP) is 5.24. The number of urea groups is 1. The fourth-order valence-electron chi connectivity index (χ4n) is 4.10. The highest BCUT2D eigenvalue weighted by molar-refractivity contribution is 7.92. The van der Waals surface area contributed by atoms with Crippen LogP contribution in [0.5, 0.6) is 0 Å². The van der Waals surface area contributed by atoms with Gasteiger partial charge in [-0.1, -0.05) is 48.0 Å². The van der Waals surface area contributed by atoms with Gasteiger partial charge in [0.2, 0.25) is 0 Å². The van der Waals surface area contributed by atoms with E-state index in [-0.39, 0.29) is 10.9 Å². The minimum Gasteiger partial charge on any atom is -0.320 e. The molecule has 0 bridgehead atoms. The maximum absolute atomic E-state index is 13.5. The van der Waals surface area contributed by atoms with Crippen LogP contribution in [0.25, 0.3) is 0 Å². The average Bonchev–Trinajstić information content (AvgIpc) is 2.78. The number of hydrogen-bond donors (Lipinski definition) is 1. The summed E-state index contributed by atoms with van der Waals surface area (Å²) in [6, 6.07) is 19.9. The Morgan fingerprint density at radius 2 is 1.58 bits per heavy atom. The number of carbonyl (C=O) groups is 1. The van der Waals surface area contributed by atoms with E-state index < -0.39 is 10.0 Å². The summed E-state index contributed by atoms with van der Waals surface area (Å²) in [6.45, 7) is 7.72. The van der Waals surface area contributed by atoms with Crippen molar-refractivity contribution in [2.45, 2.75) is 38.6 Å². The van der Waals surface area contributed by atoms with Crippen molar-refractivity contribution in [2.75, 3.05) is 22.7 Å². The lowest BCUT2D eigenvalue weighted by atomic mass is 10.0. The summed E-state index contributed by atoms with van der Waals surface area (Å²) >= 11 is 0. The summed E-state index contributed by atoms with van der Waals surface area (Å²) in [4.78, 5) is 17.2. The van der Waals surface area contributed by atoms with E-state index in [4.69, 9.17) is 0 Å². The summed E-state index contributed by atoms with van der Waals surface area (Å²) in [5, 5.41) is 0. The lowest BCUT2D eigenvalue weighted by molar-refractivity contribution is 0.192. The quantitative estimate of drug-likeness (QED) is 0.543. The summed E-state index contributed by atoms with van der Waals surface area (Å²) in [6.07, 6.45) is 0.801. The molecule has 1 fully saturated rings. The van der Waals surface area contributed by atoms with Crippen molar-refractivity contribution >= 4 is 27.4 Å². The molecule has 0 radical (unpaired) electrons. The molecule has 0 saturated carbocycles. The van der Waals surface area contributed by atoms with Crippen LogP contribution in [0.4, 0.5) is 16.2 Å². The number of carbonyl (C=O) groups excluding carboxylic acids is 1. The van der Waals surface area contributed by atoms with E-state index in [0.29, 0.717) is 31.0 Å². The van der Waals surface area contributed by atoms with Gasteiger partial charge in [-0.25, -0.2) is 13.2 Å². The number of aryl methyl sites for hydroxylation is 3. The number of hydrogen-bond acceptors (Lipinski definition) is 3. The van der Waals surface area contributed by atoms with Crippen molar-refractivity contribution in [1.29, 1.82) is 0 Å². The van der Waals surface area contributed by atoms with Crippen molar-refractivity contribution in [3.63, 3.8) is 0 Å². The Bertz CT molecular complexity index is 1270. The molecule has 7 heteroatoms. The molecule has 0 spiro atoms. The molecule has 1 aliphatic heterocycles. The number of rotatable bonds is 6. The van der Waals surface area contributed by atoms with Gasteiger partial charge in [0.05, 0.1) is 16.3 Å². The maximum Gasteiger partial charge on any atom is 0.324 e. The highest BCUT2D eigenvalue weighted by atomic mass is 32.2. The molecule has 33 heavy (non-hydrogen) atoms. The molecule has 0 atom stereocenters. The number of sulfonamides is 1. The van der Waals surface area contributed by atoms with Gasteiger partial charge >= 0.3 is 6.03 Å². The van der Waals surface area contributed by atoms with Gasteiger partial charge in [0.1, 0.15) is 0 Å². The Morgan fingerprint density at radius 1 is 0.879 bits per heavy atom. The van der Waals surface area contributed by atoms with Crippen LogP contribution < -0.4 is 9.62 Å². The molecule has 0 unspecified atom stereocenters. The van der Waals surface area contributed by atoms with E-state index in [1.807, 2.05) is 30.9 Å². The molecule has 0 aliphatic carbocycles. The van der Waals surface area contributed by atoms with E-state index in [1.54, 1.807) is 41.3 Å². The zero-order valence-corrected chi connectivity index (χ0v) is 20.0. The van der Waals surface area contributed by atoms with E-state index >= 15 is 0 Å². The van der Waals surface area contributed by atoms with Crippen LogP contribution in [-0.2, 0) is 16.6 Å². The summed E-state index contributed by atoms with van der Waals surface area (Å²) in [7, 11) is -3.78. The van der Waals surface area contributed by atoms with E-state index in [0.717, 1.165) is 28.7 Å². The standard InChI is InChI=1S/C26H29N3O3S/c1-19-10-12-21(3)22(16-19)18-28-14-7-15-29(26(28)30)25-13-11-20(2)17-24(25)27-33(31,32)23-8-5-4-6-9-23/h4-6,8-13,16-17,27H,7,14-15,18H2,1-3H3.